The molecule has 0 aliphatic carbocycles. The Hall–Kier alpha value is -4.59. The number of hydrogen-bond acceptors (Lipinski definition) is 4. The van der Waals surface area contributed by atoms with Crippen LogP contribution in [0.4, 0.5) is 42.1 Å². The maximum atomic E-state index is 14.2. The van der Waals surface area contributed by atoms with Crippen LogP contribution in [0.2, 0.25) is 0 Å². The fourth-order valence-corrected chi connectivity index (χ4v) is 4.95. The summed E-state index contributed by atoms with van der Waals surface area (Å²) in [5.41, 5.74) is -4.25. The van der Waals surface area contributed by atoms with E-state index in [0.29, 0.717) is 10.3 Å². The van der Waals surface area contributed by atoms with Gasteiger partial charge in [0, 0.05) is 21.5 Å². The number of carboxylic acid groups (broad SMARTS) is 1. The Morgan fingerprint density at radius 1 is 0.810 bits per heavy atom. The number of fused-ring (bicyclic) bond motifs is 1. The van der Waals surface area contributed by atoms with Crippen molar-refractivity contribution in [3.8, 4) is 0 Å². The van der Waals surface area contributed by atoms with E-state index in [0.717, 1.165) is 11.8 Å². The first kappa shape index (κ1) is 30.4. The highest BCUT2D eigenvalue weighted by molar-refractivity contribution is 8.00. The van der Waals surface area contributed by atoms with Crippen molar-refractivity contribution in [2.24, 2.45) is 0 Å². The molecule has 0 aliphatic rings. The van der Waals surface area contributed by atoms with E-state index >= 15 is 0 Å². The van der Waals surface area contributed by atoms with Crippen molar-refractivity contribution in [1.29, 1.82) is 0 Å². The second kappa shape index (κ2) is 11.7. The fraction of sp³-hybridized carbons (Fsp3) is 0.107. The first-order valence-corrected chi connectivity index (χ1v) is 12.7. The van der Waals surface area contributed by atoms with Gasteiger partial charge in [0.1, 0.15) is 11.3 Å². The Bertz CT molecular complexity index is 1710. The molecule has 0 aliphatic heterocycles. The normalized spacial score (nSPS) is 12.2. The zero-order valence-electron chi connectivity index (χ0n) is 21.1. The van der Waals surface area contributed by atoms with E-state index in [1.54, 1.807) is 29.6 Å². The van der Waals surface area contributed by atoms with Crippen molar-refractivity contribution in [1.82, 2.24) is 0 Å². The monoisotopic (exact) mass is 610 g/mol. The number of anilines is 2. The van der Waals surface area contributed by atoms with Crippen LogP contribution < -0.4 is 10.6 Å². The molecule has 218 valence electrons. The average Bonchev–Trinajstić information content (AvgIpc) is 2.92. The number of carbonyl (C=O) groups excluding carboxylic acids is 2. The van der Waals surface area contributed by atoms with E-state index in [1.807, 2.05) is 0 Å². The van der Waals surface area contributed by atoms with Gasteiger partial charge in [-0.05, 0) is 42.6 Å². The number of amides is 2. The lowest BCUT2D eigenvalue weighted by Crippen LogP contribution is -2.25. The molecule has 4 aromatic rings. The standard InChI is InChI=1S/C28H17F7N2O4S/c1-12(25(38)37-24-22(31)20(29)19(28(33,34)35)21(30)23(24)32)42-15-8-4-7-14(11-15)36-26(39)16-9-2-5-13-6-3-10-17(18(13)16)27(40)41/h2-12H,1H3,(H,36,39)(H,37,38)(H,40,41). The quantitative estimate of drug-likeness (QED) is 0.115. The minimum absolute atomic E-state index is 0.0800. The Kier molecular flexibility index (Phi) is 8.48. The molecule has 0 spiro atoms. The summed E-state index contributed by atoms with van der Waals surface area (Å²) in [7, 11) is 0. The Morgan fingerprint density at radius 3 is 1.95 bits per heavy atom. The summed E-state index contributed by atoms with van der Waals surface area (Å²) < 4.78 is 94.6. The van der Waals surface area contributed by atoms with Crippen LogP contribution >= 0.6 is 11.8 Å². The van der Waals surface area contributed by atoms with Crippen molar-refractivity contribution in [2.75, 3.05) is 10.6 Å². The van der Waals surface area contributed by atoms with Gasteiger partial charge in [-0.3, -0.25) is 9.59 Å². The van der Waals surface area contributed by atoms with Gasteiger partial charge >= 0.3 is 12.1 Å². The smallest absolute Gasteiger partial charge is 0.422 e. The topological polar surface area (TPSA) is 95.5 Å². The second-order valence-electron chi connectivity index (χ2n) is 8.75. The SMILES string of the molecule is CC(Sc1cccc(NC(=O)c2cccc3cccc(C(=O)O)c23)c1)C(=O)Nc1c(F)c(F)c(C(F)(F)F)c(F)c1F. The van der Waals surface area contributed by atoms with Crippen LogP contribution in [0, 0.1) is 23.3 Å². The van der Waals surface area contributed by atoms with E-state index in [2.05, 4.69) is 5.32 Å². The molecule has 4 rings (SSSR count). The zero-order chi connectivity index (χ0) is 30.9. The third-order valence-corrected chi connectivity index (χ3v) is 7.04. The van der Waals surface area contributed by atoms with Crippen LogP contribution in [0.1, 0.15) is 33.2 Å². The van der Waals surface area contributed by atoms with Gasteiger partial charge in [-0.25, -0.2) is 22.4 Å². The average molecular weight is 611 g/mol. The van der Waals surface area contributed by atoms with Gasteiger partial charge in [0.15, 0.2) is 23.3 Å². The van der Waals surface area contributed by atoms with Gasteiger partial charge in [-0.2, -0.15) is 13.2 Å². The maximum absolute atomic E-state index is 14.2. The van der Waals surface area contributed by atoms with E-state index in [-0.39, 0.29) is 22.2 Å². The van der Waals surface area contributed by atoms with E-state index in [1.165, 1.54) is 43.3 Å². The number of nitrogens with one attached hydrogen (secondary N) is 2. The predicted octanol–water partition coefficient (Wildman–Crippen LogP) is 7.48. The molecule has 0 aromatic heterocycles. The molecule has 6 nitrogen and oxygen atoms in total. The van der Waals surface area contributed by atoms with E-state index < -0.39 is 63.7 Å². The number of halogens is 7. The number of rotatable bonds is 7. The van der Waals surface area contributed by atoms with Crippen LogP contribution in [-0.2, 0) is 11.0 Å². The van der Waals surface area contributed by atoms with Crippen LogP contribution in [0.15, 0.2) is 65.6 Å². The van der Waals surface area contributed by atoms with E-state index in [4.69, 9.17) is 0 Å². The number of thioether (sulfide) groups is 1. The Balaban J connectivity index is 1.52. The number of aromatic carboxylic acids is 1. The number of alkyl halides is 3. The molecule has 1 unspecified atom stereocenters. The largest absolute Gasteiger partial charge is 0.478 e. The van der Waals surface area contributed by atoms with Crippen molar-refractivity contribution in [3.05, 3.63) is 101 Å². The lowest BCUT2D eigenvalue weighted by molar-refractivity contribution is -0.143. The molecule has 0 fully saturated rings. The van der Waals surface area contributed by atoms with Crippen molar-refractivity contribution in [2.45, 2.75) is 23.2 Å². The van der Waals surface area contributed by atoms with Crippen LogP contribution in [-0.4, -0.2) is 28.1 Å². The molecule has 0 radical (unpaired) electrons. The zero-order valence-corrected chi connectivity index (χ0v) is 21.9. The third-order valence-electron chi connectivity index (χ3n) is 5.95. The van der Waals surface area contributed by atoms with Crippen LogP contribution in [0.5, 0.6) is 0 Å². The maximum Gasteiger partial charge on any atom is 0.422 e. The molecule has 0 heterocycles. The summed E-state index contributed by atoms with van der Waals surface area (Å²) in [6.07, 6.45) is -5.73. The van der Waals surface area contributed by atoms with Crippen LogP contribution in [0.25, 0.3) is 10.8 Å². The molecule has 0 bridgehead atoms. The summed E-state index contributed by atoms with van der Waals surface area (Å²) in [4.78, 5) is 37.6. The van der Waals surface area contributed by atoms with Crippen LogP contribution in [0.3, 0.4) is 0 Å². The molecule has 1 atom stereocenters. The second-order valence-corrected chi connectivity index (χ2v) is 10.2. The fourth-order valence-electron chi connectivity index (χ4n) is 4.03. The lowest BCUT2D eigenvalue weighted by atomic mass is 9.98. The molecule has 2 amide bonds. The minimum atomic E-state index is -5.73. The van der Waals surface area contributed by atoms with E-state index in [9.17, 15) is 50.2 Å². The summed E-state index contributed by atoms with van der Waals surface area (Å²) >= 11 is 0.791. The molecule has 4 aromatic carbocycles. The van der Waals surface area contributed by atoms with Crippen molar-refractivity contribution < 1.29 is 50.2 Å². The van der Waals surface area contributed by atoms with Gasteiger partial charge in [0.2, 0.25) is 5.91 Å². The molecule has 14 heteroatoms. The third kappa shape index (κ3) is 6.03. The molecule has 3 N–H and O–H groups in total. The predicted molar refractivity (Wildman–Crippen MR) is 141 cm³/mol. The number of hydrogen-bond donors (Lipinski definition) is 3. The highest BCUT2D eigenvalue weighted by Gasteiger charge is 2.42. The van der Waals surface area contributed by atoms with Gasteiger partial charge < -0.3 is 15.7 Å². The Labute approximate surface area is 236 Å². The van der Waals surface area contributed by atoms with Crippen molar-refractivity contribution in [3.63, 3.8) is 0 Å². The summed E-state index contributed by atoms with van der Waals surface area (Å²) in [6.45, 7) is 1.25. The molecule has 0 saturated carbocycles. The van der Waals surface area contributed by atoms with Gasteiger partial charge in [-0.15, -0.1) is 11.8 Å². The minimum Gasteiger partial charge on any atom is -0.478 e. The number of benzene rings is 4. The van der Waals surface area contributed by atoms with Gasteiger partial charge in [-0.1, -0.05) is 30.3 Å². The number of carbonyl (C=O) groups is 3. The molecular weight excluding hydrogens is 593 g/mol. The van der Waals surface area contributed by atoms with Crippen molar-refractivity contribution >= 4 is 51.7 Å². The first-order chi connectivity index (χ1) is 19.7. The molecule has 42 heavy (non-hydrogen) atoms. The Morgan fingerprint density at radius 2 is 1.38 bits per heavy atom. The molecular formula is C28H17F7N2O4S. The highest BCUT2D eigenvalue weighted by Crippen LogP contribution is 2.39. The van der Waals surface area contributed by atoms with Gasteiger partial charge in [0.25, 0.3) is 5.91 Å². The molecule has 0 saturated heterocycles. The number of carboxylic acids is 1. The first-order valence-electron chi connectivity index (χ1n) is 11.8. The summed E-state index contributed by atoms with van der Waals surface area (Å²) in [5, 5.41) is 13.3. The van der Waals surface area contributed by atoms with Gasteiger partial charge in [0.05, 0.1) is 10.8 Å². The summed E-state index contributed by atoms with van der Waals surface area (Å²) in [6, 6.07) is 15.1. The lowest BCUT2D eigenvalue weighted by Gasteiger charge is -2.17. The highest BCUT2D eigenvalue weighted by atomic mass is 32.2. The summed E-state index contributed by atoms with van der Waals surface area (Å²) in [5.74, 6) is -13.3.